The molecule has 96 valence electrons. The van der Waals surface area contributed by atoms with Crippen molar-refractivity contribution in [2.75, 3.05) is 13.2 Å². The zero-order valence-corrected chi connectivity index (χ0v) is 11.0. The first-order chi connectivity index (χ1) is 8.04. The summed E-state index contributed by atoms with van der Waals surface area (Å²) < 4.78 is 0. The van der Waals surface area contributed by atoms with Crippen molar-refractivity contribution in [1.29, 1.82) is 0 Å². The molecule has 3 N–H and O–H groups in total. The van der Waals surface area contributed by atoms with E-state index in [4.69, 9.17) is 11.6 Å². The molecule has 1 unspecified atom stereocenters. The van der Waals surface area contributed by atoms with Crippen molar-refractivity contribution in [2.24, 2.45) is 0 Å². The molecule has 0 aliphatic rings. The summed E-state index contributed by atoms with van der Waals surface area (Å²) in [5.41, 5.74) is 0.385. The van der Waals surface area contributed by atoms with Gasteiger partial charge >= 0.3 is 0 Å². The number of benzene rings is 1. The average Bonchev–Trinajstić information content (AvgIpc) is 2.35. The number of halogens is 1. The van der Waals surface area contributed by atoms with Crippen molar-refractivity contribution in [3.63, 3.8) is 0 Å². The van der Waals surface area contributed by atoms with Crippen LogP contribution in [0.4, 0.5) is 0 Å². The van der Waals surface area contributed by atoms with Gasteiger partial charge in [0.1, 0.15) is 0 Å². The van der Waals surface area contributed by atoms with Gasteiger partial charge in [0.2, 0.25) is 0 Å². The lowest BCUT2D eigenvalue weighted by Gasteiger charge is -2.32. The Labute approximate surface area is 107 Å². The molecule has 4 heteroatoms. The molecule has 1 atom stereocenters. The molecule has 0 heterocycles. The first-order valence-electron chi connectivity index (χ1n) is 5.79. The highest BCUT2D eigenvalue weighted by Gasteiger charge is 2.25. The molecule has 17 heavy (non-hydrogen) atoms. The molecule has 0 amide bonds. The van der Waals surface area contributed by atoms with Crippen molar-refractivity contribution in [3.8, 4) is 0 Å². The normalized spacial score (nSPS) is 13.7. The van der Waals surface area contributed by atoms with Crippen LogP contribution in [0.15, 0.2) is 24.3 Å². The highest BCUT2D eigenvalue weighted by molar-refractivity contribution is 6.30. The Morgan fingerprint density at radius 2 is 2.00 bits per heavy atom. The van der Waals surface area contributed by atoms with Crippen molar-refractivity contribution < 1.29 is 10.2 Å². The van der Waals surface area contributed by atoms with Gasteiger partial charge in [-0.2, -0.15) is 0 Å². The highest BCUT2D eigenvalue weighted by atomic mass is 35.5. The predicted molar refractivity (Wildman–Crippen MR) is 70.2 cm³/mol. The lowest BCUT2D eigenvalue weighted by molar-refractivity contribution is 0.0932. The summed E-state index contributed by atoms with van der Waals surface area (Å²) in [6.07, 6.45) is 0.857. The Morgan fingerprint density at radius 3 is 2.47 bits per heavy atom. The lowest BCUT2D eigenvalue weighted by Crippen LogP contribution is -2.50. The summed E-state index contributed by atoms with van der Waals surface area (Å²) in [4.78, 5) is 0. The molecule has 3 nitrogen and oxygen atoms in total. The first kappa shape index (κ1) is 14.5. The fourth-order valence-corrected chi connectivity index (χ4v) is 1.91. The van der Waals surface area contributed by atoms with Gasteiger partial charge in [-0.05, 0) is 31.0 Å². The SMILES string of the molecule is CCC(NC(C)(CO)CO)c1cccc(Cl)c1. The number of nitrogens with one attached hydrogen (secondary N) is 1. The van der Waals surface area contributed by atoms with Crippen LogP contribution in [0, 0.1) is 0 Å². The van der Waals surface area contributed by atoms with Crippen LogP contribution < -0.4 is 5.32 Å². The van der Waals surface area contributed by atoms with Crippen LogP contribution in [0.1, 0.15) is 31.9 Å². The molecule has 0 aliphatic carbocycles. The molecule has 0 radical (unpaired) electrons. The Kier molecular flexibility index (Phi) is 5.40. The van der Waals surface area contributed by atoms with E-state index in [0.29, 0.717) is 5.02 Å². The maximum Gasteiger partial charge on any atom is 0.0633 e. The van der Waals surface area contributed by atoms with Gasteiger partial charge in [-0.25, -0.2) is 0 Å². The Bertz CT molecular complexity index is 353. The second kappa shape index (κ2) is 6.36. The molecule has 0 bridgehead atoms. The van der Waals surface area contributed by atoms with Gasteiger partial charge < -0.3 is 15.5 Å². The molecule has 1 aromatic rings. The monoisotopic (exact) mass is 257 g/mol. The number of hydrogen-bond donors (Lipinski definition) is 3. The summed E-state index contributed by atoms with van der Waals surface area (Å²) in [5, 5.41) is 22.5. The Morgan fingerprint density at radius 1 is 1.35 bits per heavy atom. The van der Waals surface area contributed by atoms with E-state index >= 15 is 0 Å². The van der Waals surface area contributed by atoms with E-state index in [1.807, 2.05) is 31.2 Å². The third kappa shape index (κ3) is 3.96. The average molecular weight is 258 g/mol. The third-order valence-corrected chi connectivity index (χ3v) is 3.12. The Hall–Kier alpha value is -0.610. The number of aliphatic hydroxyl groups excluding tert-OH is 2. The maximum absolute atomic E-state index is 9.28. The largest absolute Gasteiger partial charge is 0.394 e. The Balaban J connectivity index is 2.85. The molecule has 0 aliphatic heterocycles. The summed E-state index contributed by atoms with van der Waals surface area (Å²) in [6, 6.07) is 7.69. The molecule has 0 aromatic heterocycles. The zero-order valence-electron chi connectivity index (χ0n) is 10.3. The standard InChI is InChI=1S/C13H20ClNO2/c1-3-12(15-13(2,8-16)9-17)10-5-4-6-11(14)7-10/h4-7,12,15-17H,3,8-9H2,1-2H3. The van der Waals surface area contributed by atoms with Gasteiger partial charge in [-0.1, -0.05) is 30.7 Å². The van der Waals surface area contributed by atoms with E-state index < -0.39 is 5.54 Å². The van der Waals surface area contributed by atoms with Gasteiger partial charge in [-0.15, -0.1) is 0 Å². The van der Waals surface area contributed by atoms with E-state index in [9.17, 15) is 10.2 Å². The summed E-state index contributed by atoms with van der Waals surface area (Å²) >= 11 is 5.96. The van der Waals surface area contributed by atoms with E-state index in [1.165, 1.54) is 0 Å². The molecule has 0 saturated carbocycles. The molecule has 1 rings (SSSR count). The van der Waals surface area contributed by atoms with Crippen LogP contribution >= 0.6 is 11.6 Å². The van der Waals surface area contributed by atoms with Gasteiger partial charge in [0, 0.05) is 11.1 Å². The molecule has 1 aromatic carbocycles. The molecule has 0 fully saturated rings. The van der Waals surface area contributed by atoms with Gasteiger partial charge in [0.05, 0.1) is 18.8 Å². The van der Waals surface area contributed by atoms with Crippen LogP contribution in [0.3, 0.4) is 0 Å². The molecule has 0 spiro atoms. The van der Waals surface area contributed by atoms with E-state index in [0.717, 1.165) is 12.0 Å². The van der Waals surface area contributed by atoms with Crippen LogP contribution in [0.5, 0.6) is 0 Å². The van der Waals surface area contributed by atoms with E-state index in [2.05, 4.69) is 5.32 Å². The van der Waals surface area contributed by atoms with Gasteiger partial charge in [-0.3, -0.25) is 0 Å². The van der Waals surface area contributed by atoms with Crippen molar-refractivity contribution in [1.82, 2.24) is 5.32 Å². The molecular weight excluding hydrogens is 238 g/mol. The highest BCUT2D eigenvalue weighted by Crippen LogP contribution is 2.22. The minimum absolute atomic E-state index is 0.0676. The number of rotatable bonds is 6. The van der Waals surface area contributed by atoms with Gasteiger partial charge in [0.25, 0.3) is 0 Å². The molecular formula is C13H20ClNO2. The van der Waals surface area contributed by atoms with E-state index in [1.54, 1.807) is 6.92 Å². The third-order valence-electron chi connectivity index (χ3n) is 2.88. The van der Waals surface area contributed by atoms with Crippen LogP contribution in [0.25, 0.3) is 0 Å². The van der Waals surface area contributed by atoms with Crippen LogP contribution in [-0.4, -0.2) is 29.0 Å². The van der Waals surface area contributed by atoms with Crippen LogP contribution in [-0.2, 0) is 0 Å². The van der Waals surface area contributed by atoms with E-state index in [-0.39, 0.29) is 19.3 Å². The number of hydrogen-bond acceptors (Lipinski definition) is 3. The molecule has 0 saturated heterocycles. The smallest absolute Gasteiger partial charge is 0.0633 e. The van der Waals surface area contributed by atoms with Crippen molar-refractivity contribution in [3.05, 3.63) is 34.9 Å². The fourth-order valence-electron chi connectivity index (χ4n) is 1.71. The quantitative estimate of drug-likeness (QED) is 0.732. The van der Waals surface area contributed by atoms with Gasteiger partial charge in [0.15, 0.2) is 0 Å². The topological polar surface area (TPSA) is 52.5 Å². The summed E-state index contributed by atoms with van der Waals surface area (Å²) in [7, 11) is 0. The summed E-state index contributed by atoms with van der Waals surface area (Å²) in [6.45, 7) is 3.62. The lowest BCUT2D eigenvalue weighted by atomic mass is 9.98. The van der Waals surface area contributed by atoms with Crippen LogP contribution in [0.2, 0.25) is 5.02 Å². The second-order valence-corrected chi connectivity index (χ2v) is 4.97. The van der Waals surface area contributed by atoms with Crippen molar-refractivity contribution in [2.45, 2.75) is 31.8 Å². The maximum atomic E-state index is 9.28. The minimum atomic E-state index is -0.678. The first-order valence-corrected chi connectivity index (χ1v) is 6.17. The zero-order chi connectivity index (χ0) is 12.9. The predicted octanol–water partition coefficient (Wildman–Crippen LogP) is 2.12. The van der Waals surface area contributed by atoms with Crippen molar-refractivity contribution >= 4 is 11.6 Å². The number of aliphatic hydroxyl groups is 2. The second-order valence-electron chi connectivity index (χ2n) is 4.54. The fraction of sp³-hybridized carbons (Fsp3) is 0.538. The minimum Gasteiger partial charge on any atom is -0.394 e. The summed E-state index contributed by atoms with van der Waals surface area (Å²) in [5.74, 6) is 0.